The molecule has 3 heterocycles. The van der Waals surface area contributed by atoms with Gasteiger partial charge in [0.15, 0.2) is 0 Å². The average molecular weight is 208 g/mol. The predicted octanol–water partition coefficient (Wildman–Crippen LogP) is 3.69. The van der Waals surface area contributed by atoms with Crippen LogP contribution in [0.1, 0.15) is 39.5 Å². The van der Waals surface area contributed by atoms with Gasteiger partial charge in [-0.3, -0.25) is 0 Å². The highest BCUT2D eigenvalue weighted by Gasteiger charge is 2.64. The highest BCUT2D eigenvalue weighted by atomic mass is 31.1. The maximum absolute atomic E-state index is 2.47. The summed E-state index contributed by atoms with van der Waals surface area (Å²) in [6, 6.07) is 0. The molecule has 0 bridgehead atoms. The summed E-state index contributed by atoms with van der Waals surface area (Å²) in [7, 11) is 0.534. The third kappa shape index (κ3) is 0.823. The molecule has 4 aliphatic rings. The number of hydrogen-bond acceptors (Lipinski definition) is 0. The minimum absolute atomic E-state index is 0.534. The molecule has 0 amide bonds. The van der Waals surface area contributed by atoms with Crippen LogP contribution in [0.5, 0.6) is 0 Å². The van der Waals surface area contributed by atoms with Crippen molar-refractivity contribution in [1.29, 1.82) is 0 Å². The first-order valence-electron chi connectivity index (χ1n) is 6.53. The Morgan fingerprint density at radius 1 is 1.00 bits per heavy atom. The number of hydrogen-bond donors (Lipinski definition) is 0. The summed E-state index contributed by atoms with van der Waals surface area (Å²) in [4.78, 5) is 0. The molecule has 78 valence electrons. The maximum Gasteiger partial charge on any atom is -0.0147 e. The van der Waals surface area contributed by atoms with Crippen molar-refractivity contribution < 1.29 is 0 Å². The summed E-state index contributed by atoms with van der Waals surface area (Å²) in [6.07, 6.45) is 6.59. The van der Waals surface area contributed by atoms with Crippen LogP contribution in [-0.4, -0.2) is 17.0 Å². The molecule has 7 atom stereocenters. The van der Waals surface area contributed by atoms with Gasteiger partial charge in [0.1, 0.15) is 0 Å². The van der Waals surface area contributed by atoms with Crippen LogP contribution in [0, 0.1) is 23.7 Å². The fourth-order valence-electron chi connectivity index (χ4n) is 5.25. The fraction of sp³-hybridized carbons (Fsp3) is 1.00. The molecule has 0 spiro atoms. The Bertz CT molecular complexity index is 272. The lowest BCUT2D eigenvalue weighted by atomic mass is 9.71. The molecule has 0 radical (unpaired) electrons. The van der Waals surface area contributed by atoms with Crippen molar-refractivity contribution in [2.24, 2.45) is 23.7 Å². The molecular weight excluding hydrogens is 187 g/mol. The second-order valence-corrected chi connectivity index (χ2v) is 9.41. The molecule has 0 N–H and O–H groups in total. The van der Waals surface area contributed by atoms with Crippen LogP contribution in [0.3, 0.4) is 0 Å². The molecule has 1 saturated carbocycles. The zero-order chi connectivity index (χ0) is 9.45. The minimum atomic E-state index is 0.534. The van der Waals surface area contributed by atoms with Crippen molar-refractivity contribution in [2.45, 2.75) is 56.5 Å². The van der Waals surface area contributed by atoms with Crippen molar-refractivity contribution in [1.82, 2.24) is 0 Å². The molecule has 1 heteroatoms. The van der Waals surface area contributed by atoms with Crippen molar-refractivity contribution in [2.75, 3.05) is 0 Å². The molecule has 0 aromatic carbocycles. The van der Waals surface area contributed by atoms with Crippen LogP contribution in [0.2, 0.25) is 0 Å². The Labute approximate surface area is 88.6 Å². The molecule has 4 fully saturated rings. The zero-order valence-electron chi connectivity index (χ0n) is 9.32. The second kappa shape index (κ2) is 2.57. The topological polar surface area (TPSA) is 0 Å². The Hall–Kier alpha value is 0.430. The Morgan fingerprint density at radius 3 is 2.57 bits per heavy atom. The standard InChI is InChI=1S/C13H21P/c1-7(2)11-6-10-4-8-3-9-5-12(11)14(10)13(8)9/h7-13H,3-6H2,1-2H3/t8?,9-,10+,11+,12-,13?,14?/m0/s1. The summed E-state index contributed by atoms with van der Waals surface area (Å²) in [5, 5.41) is 0. The molecule has 0 aromatic heterocycles. The van der Waals surface area contributed by atoms with Crippen LogP contribution in [-0.2, 0) is 0 Å². The Kier molecular flexibility index (Phi) is 1.57. The molecular formula is C13H21P. The quantitative estimate of drug-likeness (QED) is 0.576. The lowest BCUT2D eigenvalue weighted by molar-refractivity contribution is 0.212. The van der Waals surface area contributed by atoms with E-state index in [4.69, 9.17) is 0 Å². The first kappa shape index (κ1) is 8.57. The zero-order valence-corrected chi connectivity index (χ0v) is 10.2. The van der Waals surface area contributed by atoms with Gasteiger partial charge in [-0.25, -0.2) is 0 Å². The Balaban J connectivity index is 1.69. The van der Waals surface area contributed by atoms with E-state index in [0.29, 0.717) is 7.92 Å². The van der Waals surface area contributed by atoms with Gasteiger partial charge in [0.25, 0.3) is 0 Å². The largest absolute Gasteiger partial charge is 0.0963 e. The molecule has 1 aliphatic carbocycles. The van der Waals surface area contributed by atoms with Gasteiger partial charge in [0, 0.05) is 0 Å². The van der Waals surface area contributed by atoms with Gasteiger partial charge in [0.2, 0.25) is 0 Å². The number of rotatable bonds is 1. The van der Waals surface area contributed by atoms with Gasteiger partial charge in [-0.2, -0.15) is 0 Å². The van der Waals surface area contributed by atoms with Gasteiger partial charge >= 0.3 is 0 Å². The average Bonchev–Trinajstić information content (AvgIpc) is 2.64. The van der Waals surface area contributed by atoms with Gasteiger partial charge in [-0.1, -0.05) is 21.8 Å². The summed E-state index contributed by atoms with van der Waals surface area (Å²) in [6.45, 7) is 4.94. The van der Waals surface area contributed by atoms with E-state index in [2.05, 4.69) is 13.8 Å². The lowest BCUT2D eigenvalue weighted by Gasteiger charge is -2.37. The van der Waals surface area contributed by atoms with Crippen molar-refractivity contribution in [3.05, 3.63) is 0 Å². The van der Waals surface area contributed by atoms with Crippen LogP contribution in [0.25, 0.3) is 0 Å². The molecule has 4 rings (SSSR count). The SMILES string of the molecule is CC(C)[C@H]1C[C@H]2CC3C[C@H]4C[C@@H]1P2C34. The van der Waals surface area contributed by atoms with E-state index in [1.807, 2.05) is 0 Å². The molecule has 0 aromatic rings. The minimum Gasteiger partial charge on any atom is -0.0963 e. The molecule has 0 nitrogen and oxygen atoms in total. The van der Waals surface area contributed by atoms with E-state index < -0.39 is 0 Å². The summed E-state index contributed by atoms with van der Waals surface area (Å²) in [5.74, 6) is 4.57. The van der Waals surface area contributed by atoms with Crippen molar-refractivity contribution in [3.8, 4) is 0 Å². The van der Waals surface area contributed by atoms with Gasteiger partial charge in [-0.05, 0) is 66.3 Å². The third-order valence-corrected chi connectivity index (χ3v) is 9.89. The molecule has 3 saturated heterocycles. The highest BCUT2D eigenvalue weighted by molar-refractivity contribution is 7.61. The van der Waals surface area contributed by atoms with Crippen LogP contribution >= 0.6 is 7.92 Å². The fourth-order valence-corrected chi connectivity index (χ4v) is 10.6. The normalized spacial score (nSPS) is 63.2. The van der Waals surface area contributed by atoms with Gasteiger partial charge in [0.05, 0.1) is 0 Å². The molecule has 14 heavy (non-hydrogen) atoms. The van der Waals surface area contributed by atoms with Crippen molar-refractivity contribution in [3.63, 3.8) is 0 Å². The lowest BCUT2D eigenvalue weighted by Crippen LogP contribution is -2.32. The van der Waals surface area contributed by atoms with Crippen LogP contribution < -0.4 is 0 Å². The third-order valence-electron chi connectivity index (χ3n) is 5.73. The second-order valence-electron chi connectivity index (χ2n) is 6.53. The predicted molar refractivity (Wildman–Crippen MR) is 62.1 cm³/mol. The van der Waals surface area contributed by atoms with E-state index in [9.17, 15) is 0 Å². The molecule has 3 aliphatic heterocycles. The van der Waals surface area contributed by atoms with Crippen LogP contribution in [0.4, 0.5) is 0 Å². The highest BCUT2D eigenvalue weighted by Crippen LogP contribution is 2.81. The van der Waals surface area contributed by atoms with Gasteiger partial charge < -0.3 is 0 Å². The van der Waals surface area contributed by atoms with Gasteiger partial charge in [-0.15, -0.1) is 0 Å². The van der Waals surface area contributed by atoms with Crippen molar-refractivity contribution >= 4 is 7.92 Å². The molecule has 3 unspecified atom stereocenters. The van der Waals surface area contributed by atoms with E-state index in [-0.39, 0.29) is 0 Å². The van der Waals surface area contributed by atoms with Crippen LogP contribution in [0.15, 0.2) is 0 Å². The summed E-state index contributed by atoms with van der Waals surface area (Å²) >= 11 is 0. The van der Waals surface area contributed by atoms with E-state index in [1.165, 1.54) is 28.8 Å². The smallest absolute Gasteiger partial charge is 0.0147 e. The summed E-state index contributed by atoms with van der Waals surface area (Å²) < 4.78 is 0. The monoisotopic (exact) mass is 208 g/mol. The van der Waals surface area contributed by atoms with E-state index in [0.717, 1.165) is 11.8 Å². The Morgan fingerprint density at radius 2 is 1.79 bits per heavy atom. The van der Waals surface area contributed by atoms with E-state index >= 15 is 0 Å². The van der Waals surface area contributed by atoms with E-state index in [1.54, 1.807) is 25.7 Å². The first-order chi connectivity index (χ1) is 6.75. The summed E-state index contributed by atoms with van der Waals surface area (Å²) in [5.41, 5.74) is 3.77. The maximum atomic E-state index is 2.47. The first-order valence-corrected chi connectivity index (χ1v) is 8.08.